The average molecular weight is 385 g/mol. The van der Waals surface area contributed by atoms with Gasteiger partial charge in [0.15, 0.2) is 0 Å². The molecule has 3 rings (SSSR count). The maximum absolute atomic E-state index is 6.08. The Labute approximate surface area is 174 Å². The zero-order chi connectivity index (χ0) is 20.5. The molecule has 0 aliphatic heterocycles. The van der Waals surface area contributed by atoms with Crippen molar-refractivity contribution in [1.82, 2.24) is 0 Å². The molecule has 0 amide bonds. The topological polar surface area (TPSA) is 18.5 Å². The average Bonchev–Trinajstić information content (AvgIpc) is 2.76. The molecule has 0 N–H and O–H groups in total. The summed E-state index contributed by atoms with van der Waals surface area (Å²) in [5.74, 6) is 1.65. The number of ether oxygens (including phenoxy) is 2. The summed E-state index contributed by atoms with van der Waals surface area (Å²) in [6.45, 7) is 4.76. The zero-order valence-corrected chi connectivity index (χ0v) is 17.4. The van der Waals surface area contributed by atoms with Gasteiger partial charge in [-0.2, -0.15) is 0 Å². The fraction of sp³-hybridized carbons (Fsp3) is 0.185. The third-order valence-corrected chi connectivity index (χ3v) is 4.65. The molecule has 0 bridgehead atoms. The fourth-order valence-electron chi connectivity index (χ4n) is 3.07. The van der Waals surface area contributed by atoms with Crippen molar-refractivity contribution < 1.29 is 9.47 Å². The monoisotopic (exact) mass is 384 g/mol. The van der Waals surface area contributed by atoms with Crippen LogP contribution in [0.15, 0.2) is 84.4 Å². The molecule has 29 heavy (non-hydrogen) atoms. The summed E-state index contributed by atoms with van der Waals surface area (Å²) in [6.07, 6.45) is 7.31. The zero-order valence-electron chi connectivity index (χ0n) is 17.4. The highest BCUT2D eigenvalue weighted by molar-refractivity contribution is 5.73. The van der Waals surface area contributed by atoms with Crippen LogP contribution in [0.25, 0.3) is 12.2 Å². The van der Waals surface area contributed by atoms with Gasteiger partial charge in [-0.3, -0.25) is 0 Å². The number of rotatable bonds is 8. The van der Waals surface area contributed by atoms with E-state index in [-0.39, 0.29) is 0 Å². The maximum atomic E-state index is 6.08. The fourth-order valence-corrected chi connectivity index (χ4v) is 3.07. The summed E-state index contributed by atoms with van der Waals surface area (Å²) < 4.78 is 11.8. The van der Waals surface area contributed by atoms with Gasteiger partial charge in [0.2, 0.25) is 0 Å². The molecule has 0 saturated carbocycles. The molecule has 2 heteroatoms. The molecule has 0 heterocycles. The van der Waals surface area contributed by atoms with E-state index in [0.29, 0.717) is 6.61 Å². The molecule has 0 aromatic heterocycles. The maximum Gasteiger partial charge on any atom is 0.126 e. The van der Waals surface area contributed by atoms with E-state index in [2.05, 4.69) is 62.4 Å². The van der Waals surface area contributed by atoms with Gasteiger partial charge < -0.3 is 9.47 Å². The van der Waals surface area contributed by atoms with Gasteiger partial charge in [0.1, 0.15) is 18.1 Å². The normalized spacial score (nSPS) is 10.7. The highest BCUT2D eigenvalue weighted by Gasteiger charge is 2.11. The molecule has 2 nitrogen and oxygen atoms in total. The van der Waals surface area contributed by atoms with Crippen molar-refractivity contribution in [3.8, 4) is 11.5 Å². The van der Waals surface area contributed by atoms with Crippen LogP contribution in [0.3, 0.4) is 0 Å². The number of hydrogen-bond donors (Lipinski definition) is 0. The Morgan fingerprint density at radius 1 is 0.862 bits per heavy atom. The highest BCUT2D eigenvalue weighted by Crippen LogP contribution is 2.31. The second kappa shape index (κ2) is 10.3. The van der Waals surface area contributed by atoms with E-state index >= 15 is 0 Å². The van der Waals surface area contributed by atoms with Crippen LogP contribution in [-0.2, 0) is 13.0 Å². The van der Waals surface area contributed by atoms with E-state index in [1.807, 2.05) is 42.5 Å². The van der Waals surface area contributed by atoms with E-state index in [4.69, 9.17) is 9.47 Å². The first-order valence-corrected chi connectivity index (χ1v) is 9.90. The summed E-state index contributed by atoms with van der Waals surface area (Å²) in [7, 11) is 1.72. The SMILES string of the molecule is COc1cc(OCc2ccccc2)cc(/C=C/c2ccccc2)c1CC=C(C)C. The first-order valence-electron chi connectivity index (χ1n) is 9.90. The van der Waals surface area contributed by atoms with Crippen LogP contribution in [0, 0.1) is 0 Å². The van der Waals surface area contributed by atoms with Gasteiger partial charge in [0.25, 0.3) is 0 Å². The predicted molar refractivity (Wildman–Crippen MR) is 122 cm³/mol. The Hall–Kier alpha value is -3.26. The highest BCUT2D eigenvalue weighted by atomic mass is 16.5. The smallest absolute Gasteiger partial charge is 0.126 e. The second-order valence-corrected chi connectivity index (χ2v) is 7.20. The lowest BCUT2D eigenvalue weighted by molar-refractivity contribution is 0.303. The molecule has 0 unspecified atom stereocenters. The standard InChI is InChI=1S/C27H28O2/c1-21(2)14-17-26-24(16-15-22-10-6-4-7-11-22)18-25(19-27(26)28-3)29-20-23-12-8-5-9-13-23/h4-16,18-19H,17,20H2,1-3H3/b16-15+. The lowest BCUT2D eigenvalue weighted by Crippen LogP contribution is -2.00. The summed E-state index contributed by atoms with van der Waals surface area (Å²) >= 11 is 0. The van der Waals surface area contributed by atoms with Crippen LogP contribution in [-0.4, -0.2) is 7.11 Å². The van der Waals surface area contributed by atoms with Crippen molar-refractivity contribution >= 4 is 12.2 Å². The minimum atomic E-state index is 0.527. The van der Waals surface area contributed by atoms with Gasteiger partial charge in [-0.25, -0.2) is 0 Å². The van der Waals surface area contributed by atoms with Crippen LogP contribution >= 0.6 is 0 Å². The van der Waals surface area contributed by atoms with Gasteiger partial charge >= 0.3 is 0 Å². The van der Waals surface area contributed by atoms with E-state index in [0.717, 1.165) is 40.2 Å². The summed E-state index contributed by atoms with van der Waals surface area (Å²) in [4.78, 5) is 0. The third kappa shape index (κ3) is 6.11. The number of benzene rings is 3. The molecule has 0 aliphatic rings. The van der Waals surface area contributed by atoms with E-state index in [9.17, 15) is 0 Å². The molecular weight excluding hydrogens is 356 g/mol. The van der Waals surface area contributed by atoms with Crippen LogP contribution in [0.5, 0.6) is 11.5 Å². The van der Waals surface area contributed by atoms with Gasteiger partial charge in [-0.15, -0.1) is 0 Å². The molecule has 0 aliphatic carbocycles. The van der Waals surface area contributed by atoms with Crippen LogP contribution in [0.1, 0.15) is 36.1 Å². The van der Waals surface area contributed by atoms with E-state index in [1.165, 1.54) is 5.57 Å². The van der Waals surface area contributed by atoms with Crippen molar-refractivity contribution in [1.29, 1.82) is 0 Å². The Balaban J connectivity index is 1.93. The van der Waals surface area contributed by atoms with Gasteiger partial charge in [0, 0.05) is 11.6 Å². The molecule has 148 valence electrons. The van der Waals surface area contributed by atoms with Crippen molar-refractivity contribution in [3.63, 3.8) is 0 Å². The first-order chi connectivity index (χ1) is 14.2. The molecule has 3 aromatic carbocycles. The lowest BCUT2D eigenvalue weighted by atomic mass is 10.00. The molecule has 0 fully saturated rings. The lowest BCUT2D eigenvalue weighted by Gasteiger charge is -2.15. The van der Waals surface area contributed by atoms with Crippen LogP contribution in [0.2, 0.25) is 0 Å². The largest absolute Gasteiger partial charge is 0.496 e. The summed E-state index contributed by atoms with van der Waals surface area (Å²) in [6, 6.07) is 24.6. The first kappa shape index (κ1) is 20.5. The summed E-state index contributed by atoms with van der Waals surface area (Å²) in [5.41, 5.74) is 5.85. The summed E-state index contributed by atoms with van der Waals surface area (Å²) in [5, 5.41) is 0. The molecule has 0 spiro atoms. The Bertz CT molecular complexity index is 966. The Kier molecular flexibility index (Phi) is 7.29. The van der Waals surface area contributed by atoms with Gasteiger partial charge in [0.05, 0.1) is 7.11 Å². The van der Waals surface area contributed by atoms with Crippen molar-refractivity contribution in [2.24, 2.45) is 0 Å². The molecule has 3 aromatic rings. The molecule has 0 saturated heterocycles. The predicted octanol–water partition coefficient (Wildman–Crippen LogP) is 6.95. The van der Waals surface area contributed by atoms with Crippen molar-refractivity contribution in [3.05, 3.63) is 107 Å². The quantitative estimate of drug-likeness (QED) is 0.309. The van der Waals surface area contributed by atoms with Crippen LogP contribution < -0.4 is 9.47 Å². The minimum Gasteiger partial charge on any atom is -0.496 e. The molecule has 0 atom stereocenters. The number of allylic oxidation sites excluding steroid dienone is 2. The molecule has 0 radical (unpaired) electrons. The number of hydrogen-bond acceptors (Lipinski definition) is 2. The van der Waals surface area contributed by atoms with E-state index in [1.54, 1.807) is 7.11 Å². The van der Waals surface area contributed by atoms with E-state index < -0.39 is 0 Å². The Morgan fingerprint density at radius 2 is 1.55 bits per heavy atom. The van der Waals surface area contributed by atoms with Gasteiger partial charge in [-0.1, -0.05) is 84.5 Å². The van der Waals surface area contributed by atoms with Crippen molar-refractivity contribution in [2.75, 3.05) is 7.11 Å². The Morgan fingerprint density at radius 3 is 2.21 bits per heavy atom. The minimum absolute atomic E-state index is 0.527. The van der Waals surface area contributed by atoms with Crippen LogP contribution in [0.4, 0.5) is 0 Å². The van der Waals surface area contributed by atoms with Gasteiger partial charge in [-0.05, 0) is 43.0 Å². The molecular formula is C27H28O2. The number of methoxy groups -OCH3 is 1. The second-order valence-electron chi connectivity index (χ2n) is 7.20. The third-order valence-electron chi connectivity index (χ3n) is 4.65. The van der Waals surface area contributed by atoms with Crippen molar-refractivity contribution in [2.45, 2.75) is 26.9 Å².